The van der Waals surface area contributed by atoms with Crippen molar-refractivity contribution in [2.75, 3.05) is 13.1 Å². The molecular weight excluding hydrogens is 806 g/mol. The van der Waals surface area contributed by atoms with Gasteiger partial charge in [-0.05, 0) is 52.6 Å². The molecule has 5 aromatic rings. The summed E-state index contributed by atoms with van der Waals surface area (Å²) in [7, 11) is -2.48. The molecule has 1 fully saturated rings. The van der Waals surface area contributed by atoms with Crippen LogP contribution in [0.3, 0.4) is 0 Å². The molecule has 0 saturated carbocycles. The van der Waals surface area contributed by atoms with Gasteiger partial charge in [0.25, 0.3) is 0 Å². The first-order valence-electron chi connectivity index (χ1n) is 21.5. The van der Waals surface area contributed by atoms with Crippen LogP contribution in [-0.4, -0.2) is 81.9 Å². The molecule has 1 aliphatic heterocycles. The third-order valence-electron chi connectivity index (χ3n) is 10.5. The summed E-state index contributed by atoms with van der Waals surface area (Å²) in [4.78, 5) is 77.4. The summed E-state index contributed by atoms with van der Waals surface area (Å²) in [5.41, 5.74) is 3.19. The number of carbonyl (C=O) groups excluding carboxylic acids is 4. The summed E-state index contributed by atoms with van der Waals surface area (Å²) in [5.74, 6) is -0.394. The van der Waals surface area contributed by atoms with E-state index in [0.29, 0.717) is 22.1 Å². The number of H-pyrrole nitrogens is 1. The summed E-state index contributed by atoms with van der Waals surface area (Å²) >= 11 is 0. The van der Waals surface area contributed by atoms with Crippen LogP contribution < -0.4 is 26.2 Å². The Balaban J connectivity index is 1.11. The quantitative estimate of drug-likeness (QED) is 0.0513. The van der Waals surface area contributed by atoms with E-state index in [1.54, 1.807) is 24.3 Å². The van der Waals surface area contributed by atoms with Gasteiger partial charge in [0, 0.05) is 50.4 Å². The van der Waals surface area contributed by atoms with Crippen LogP contribution in [0.5, 0.6) is 0 Å². The number of benzene rings is 4. The van der Waals surface area contributed by atoms with E-state index in [1.165, 1.54) is 23.9 Å². The highest BCUT2D eigenvalue weighted by Gasteiger charge is 2.31. The highest BCUT2D eigenvalue weighted by molar-refractivity contribution is 7.44. The molecule has 62 heavy (non-hydrogen) atoms. The Morgan fingerprint density at radius 1 is 0.887 bits per heavy atom. The molecule has 0 radical (unpaired) electrons. The van der Waals surface area contributed by atoms with Gasteiger partial charge in [0.15, 0.2) is 7.64 Å². The molecule has 0 spiro atoms. The Kier molecular flexibility index (Phi) is 16.6. The van der Waals surface area contributed by atoms with E-state index in [-0.39, 0.29) is 50.2 Å². The SMILES string of the molecule is [2H]N(C(=O)OCc1ccccc1)[C@@H](Cc1cccc2ccccc12)C(=O)N[C@@H](Cc1cnc[nH]1)C(=O)NC(CC(C)C)O[P+]([O-])=CCC(=O)NC1CCN(Cc2ccccc2)CC1. The van der Waals surface area contributed by atoms with Crippen LogP contribution >= 0.6 is 8.00 Å². The lowest BCUT2D eigenvalue weighted by atomic mass is 9.98. The minimum absolute atomic E-state index is 0.000693. The van der Waals surface area contributed by atoms with Crippen molar-refractivity contribution in [3.05, 3.63) is 138 Å². The van der Waals surface area contributed by atoms with E-state index in [4.69, 9.17) is 10.7 Å². The van der Waals surface area contributed by atoms with Crippen LogP contribution in [-0.2, 0) is 49.6 Å². The van der Waals surface area contributed by atoms with Gasteiger partial charge in [0.2, 0.25) is 25.7 Å². The fraction of sp³-hybridized carbons (Fsp3) is 0.362. The third-order valence-corrected chi connectivity index (χ3v) is 11.5. The molecule has 326 valence electrons. The molecule has 1 saturated heterocycles. The average molecular weight is 863 g/mol. The number of aromatic amines is 1. The van der Waals surface area contributed by atoms with Crippen LogP contribution in [0, 0.1) is 5.92 Å². The summed E-state index contributed by atoms with van der Waals surface area (Å²) in [5, 5.41) is 10.9. The number of rotatable bonds is 20. The number of imidazole rings is 1. The van der Waals surface area contributed by atoms with Crippen LogP contribution in [0.15, 0.2) is 116 Å². The first kappa shape index (κ1) is 44.1. The second-order valence-electron chi connectivity index (χ2n) is 15.9. The Morgan fingerprint density at radius 2 is 1.56 bits per heavy atom. The maximum Gasteiger partial charge on any atom is 0.408 e. The lowest BCUT2D eigenvalue weighted by molar-refractivity contribution is -0.177. The van der Waals surface area contributed by atoms with Crippen molar-refractivity contribution in [2.45, 2.75) is 89.9 Å². The minimum Gasteiger partial charge on any atom is -0.603 e. The van der Waals surface area contributed by atoms with Gasteiger partial charge in [-0.3, -0.25) is 19.3 Å². The van der Waals surface area contributed by atoms with Crippen LogP contribution in [0.2, 0.25) is 1.41 Å². The minimum atomic E-state index is -2.48. The lowest BCUT2D eigenvalue weighted by Gasteiger charge is -2.32. The molecule has 4 atom stereocenters. The normalized spacial score (nSPS) is 15.3. The summed E-state index contributed by atoms with van der Waals surface area (Å²) in [6.07, 6.45) is 2.54. The number of piperidine rings is 1. The summed E-state index contributed by atoms with van der Waals surface area (Å²) < 4.78 is 20.2. The molecule has 4 aromatic carbocycles. The predicted molar refractivity (Wildman–Crippen MR) is 238 cm³/mol. The molecule has 5 N–H and O–H groups in total. The van der Waals surface area contributed by atoms with Gasteiger partial charge >= 0.3 is 6.09 Å². The smallest absolute Gasteiger partial charge is 0.408 e. The number of nitrogens with zero attached hydrogens (tertiary/aromatic N) is 2. The highest BCUT2D eigenvalue weighted by atomic mass is 31.1. The maximum absolute atomic E-state index is 14.4. The fourth-order valence-electron chi connectivity index (χ4n) is 7.36. The van der Waals surface area contributed by atoms with Gasteiger partial charge in [-0.25, -0.2) is 9.78 Å². The largest absolute Gasteiger partial charge is 0.603 e. The van der Waals surface area contributed by atoms with E-state index in [9.17, 15) is 24.1 Å². The zero-order valence-corrected chi connectivity index (χ0v) is 36.0. The summed E-state index contributed by atoms with van der Waals surface area (Å²) in [6, 6.07) is 29.8. The Hall–Kier alpha value is -5.92. The first-order chi connectivity index (χ1) is 30.5. The fourth-order valence-corrected chi connectivity index (χ4v) is 8.15. The van der Waals surface area contributed by atoms with Crippen LogP contribution in [0.4, 0.5) is 4.79 Å². The van der Waals surface area contributed by atoms with Gasteiger partial charge in [-0.15, -0.1) is 0 Å². The number of likely N-dealkylation sites (tertiary alicyclic amines) is 1. The van der Waals surface area contributed by atoms with Crippen molar-refractivity contribution in [3.63, 3.8) is 0 Å². The van der Waals surface area contributed by atoms with E-state index in [0.717, 1.165) is 43.2 Å². The second kappa shape index (κ2) is 23.3. The molecule has 2 unspecified atom stereocenters. The molecule has 2 heterocycles. The number of alkyl carbamates (subject to hydrolysis) is 1. The summed E-state index contributed by atoms with van der Waals surface area (Å²) in [6.45, 7) is 6.29. The van der Waals surface area contributed by atoms with E-state index >= 15 is 0 Å². The Morgan fingerprint density at radius 3 is 2.27 bits per heavy atom. The monoisotopic (exact) mass is 862 g/mol. The standard InChI is InChI=1S/C47H56N7O7P/c1-33(2)26-44(61-62(59)25-22-43(55)50-38-20-23-54(24-21-38)30-34-12-5-3-6-13-34)53-46(57)42(28-39-29-48-32-49-39)51-45(56)41(52-47(58)60-31-35-14-7-4-8-15-35)27-37-18-11-17-36-16-9-10-19-40(36)37/h3-19,25,29,32-33,38,41-42,44H,20-24,26-28,30-31H2,1-2H3,(H,48,49)(H,50,55)(H,51,56)(H,52,58)(H,53,57)/t41-,42-,44?/m0/s1/i/hD. The molecule has 0 bridgehead atoms. The molecule has 0 aliphatic carbocycles. The van der Waals surface area contributed by atoms with Gasteiger partial charge in [-0.1, -0.05) is 117 Å². The van der Waals surface area contributed by atoms with E-state index in [2.05, 4.69) is 43.0 Å². The topological polar surface area (TPSA) is 190 Å². The van der Waals surface area contributed by atoms with Crippen molar-refractivity contribution in [1.29, 1.82) is 0 Å². The maximum atomic E-state index is 14.4. The number of aromatic nitrogens is 2. The zero-order valence-electron chi connectivity index (χ0n) is 36.2. The molecule has 14 nitrogen and oxygen atoms in total. The number of hydrogen-bond acceptors (Lipinski definition) is 9. The second-order valence-corrected chi connectivity index (χ2v) is 17.0. The Bertz CT molecular complexity index is 2270. The van der Waals surface area contributed by atoms with Crippen molar-refractivity contribution < 1.29 is 34.7 Å². The number of fused-ring (bicyclic) bond motifs is 1. The average Bonchev–Trinajstić information content (AvgIpc) is 3.80. The van der Waals surface area contributed by atoms with Crippen molar-refractivity contribution in [3.8, 4) is 0 Å². The van der Waals surface area contributed by atoms with Crippen molar-refractivity contribution in [2.24, 2.45) is 5.92 Å². The van der Waals surface area contributed by atoms with Crippen molar-refractivity contribution in [1.82, 2.24) is 36.1 Å². The van der Waals surface area contributed by atoms with E-state index in [1.807, 2.05) is 80.6 Å². The number of hydrogen-bond donors (Lipinski definition) is 5. The zero-order chi connectivity index (χ0) is 44.6. The predicted octanol–water partition coefficient (Wildman–Crippen LogP) is 5.28. The van der Waals surface area contributed by atoms with Crippen LogP contribution in [0.1, 0.15) is 61.9 Å². The Labute approximate surface area is 365 Å². The van der Waals surface area contributed by atoms with Crippen molar-refractivity contribution >= 4 is 48.4 Å². The molecule has 6 rings (SSSR count). The number of ether oxygens (including phenoxy) is 1. The van der Waals surface area contributed by atoms with Gasteiger partial charge in [0.05, 0.1) is 12.7 Å². The lowest BCUT2D eigenvalue weighted by Crippen LogP contribution is -2.56. The molecular formula is C47H56N7O7P. The van der Waals surface area contributed by atoms with Gasteiger partial charge in [0.1, 0.15) is 24.5 Å². The number of amides is 4. The molecule has 1 aromatic heterocycles. The number of carbonyl (C=O) groups is 4. The van der Waals surface area contributed by atoms with E-state index < -0.39 is 44.2 Å². The molecule has 15 heteroatoms. The molecule has 4 amide bonds. The first-order valence-corrected chi connectivity index (χ1v) is 22.3. The number of nitrogens with one attached hydrogen (secondary N) is 5. The third kappa shape index (κ3) is 14.6. The van der Waals surface area contributed by atoms with Gasteiger partial charge < -0.3 is 35.9 Å². The highest BCUT2D eigenvalue weighted by Crippen LogP contribution is 2.22. The van der Waals surface area contributed by atoms with Gasteiger partial charge in [-0.2, -0.15) is 4.52 Å². The molecule has 1 aliphatic rings. The van der Waals surface area contributed by atoms with Crippen LogP contribution in [0.25, 0.3) is 10.8 Å².